The number of aliphatic hydroxyl groups is 3. The number of aromatic nitrogens is 2. The Hall–Kier alpha value is -1.28. The molecule has 1 aromatic heterocycles. The van der Waals surface area contributed by atoms with Crippen LogP contribution in [-0.4, -0.2) is 81.7 Å². The Balaban J connectivity index is 1.71. The quantitative estimate of drug-likeness (QED) is 0.655. The summed E-state index contributed by atoms with van der Waals surface area (Å²) in [5, 5.41) is 28.9. The topological polar surface area (TPSA) is 93.0 Å². The van der Waals surface area contributed by atoms with Crippen LogP contribution >= 0.6 is 0 Å². The van der Waals surface area contributed by atoms with Gasteiger partial charge in [-0.3, -0.25) is 4.90 Å². The van der Waals surface area contributed by atoms with Crippen LogP contribution in [0.2, 0.25) is 0 Å². The minimum Gasteiger partial charge on any atom is -0.395 e. The zero-order valence-corrected chi connectivity index (χ0v) is 12.7. The summed E-state index contributed by atoms with van der Waals surface area (Å²) in [6, 6.07) is 1.71. The molecule has 0 radical (unpaired) electrons. The zero-order valence-electron chi connectivity index (χ0n) is 12.7. The lowest BCUT2D eigenvalue weighted by atomic mass is 10.2. The van der Waals surface area contributed by atoms with Crippen molar-refractivity contribution < 1.29 is 15.3 Å². The van der Waals surface area contributed by atoms with Crippen LogP contribution in [0.15, 0.2) is 12.4 Å². The van der Waals surface area contributed by atoms with E-state index in [4.69, 9.17) is 0 Å². The second-order valence-corrected chi connectivity index (χ2v) is 6.19. The first-order valence-corrected chi connectivity index (χ1v) is 7.92. The molecule has 2 fully saturated rings. The van der Waals surface area contributed by atoms with Crippen LogP contribution < -0.4 is 4.90 Å². The molecule has 2 aliphatic rings. The molecule has 122 valence electrons. The van der Waals surface area contributed by atoms with Gasteiger partial charge in [0.2, 0.25) is 0 Å². The maximum Gasteiger partial charge on any atom is 0.132 e. The summed E-state index contributed by atoms with van der Waals surface area (Å²) < 4.78 is 0. The van der Waals surface area contributed by atoms with E-state index in [0.29, 0.717) is 32.1 Å². The smallest absolute Gasteiger partial charge is 0.132 e. The van der Waals surface area contributed by atoms with Crippen molar-refractivity contribution in [3.8, 4) is 0 Å². The predicted octanol–water partition coefficient (Wildman–Crippen LogP) is -0.810. The molecule has 22 heavy (non-hydrogen) atoms. The normalized spacial score (nSPS) is 23.8. The van der Waals surface area contributed by atoms with Crippen LogP contribution in [0.25, 0.3) is 0 Å². The Morgan fingerprint density at radius 3 is 2.59 bits per heavy atom. The third-order valence-corrected chi connectivity index (χ3v) is 4.46. The number of anilines is 1. The Labute approximate surface area is 130 Å². The third kappa shape index (κ3) is 3.55. The van der Waals surface area contributed by atoms with E-state index < -0.39 is 6.10 Å². The van der Waals surface area contributed by atoms with E-state index in [1.54, 1.807) is 6.33 Å². The molecule has 3 rings (SSSR count). The minimum absolute atomic E-state index is 0.109. The van der Waals surface area contributed by atoms with E-state index in [1.807, 2.05) is 11.0 Å². The molecular formula is C15H24N4O3. The number of aliphatic hydroxyl groups excluding tert-OH is 3. The summed E-state index contributed by atoms with van der Waals surface area (Å²) in [7, 11) is 0. The van der Waals surface area contributed by atoms with Gasteiger partial charge >= 0.3 is 0 Å². The van der Waals surface area contributed by atoms with Crippen molar-refractivity contribution in [2.24, 2.45) is 0 Å². The molecule has 0 amide bonds. The first kappa shape index (κ1) is 15.6. The zero-order chi connectivity index (χ0) is 15.5. The van der Waals surface area contributed by atoms with Gasteiger partial charge in [0.1, 0.15) is 12.1 Å². The van der Waals surface area contributed by atoms with Crippen molar-refractivity contribution in [3.05, 3.63) is 18.1 Å². The summed E-state index contributed by atoms with van der Waals surface area (Å²) in [4.78, 5) is 12.7. The van der Waals surface area contributed by atoms with Crippen LogP contribution in [0, 0.1) is 0 Å². The average Bonchev–Trinajstić information content (AvgIpc) is 3.36. The molecule has 0 aromatic carbocycles. The molecule has 1 aromatic rings. The lowest BCUT2D eigenvalue weighted by molar-refractivity contribution is 0.0483. The van der Waals surface area contributed by atoms with Crippen molar-refractivity contribution in [1.29, 1.82) is 0 Å². The fraction of sp³-hybridized carbons (Fsp3) is 0.733. The molecule has 0 spiro atoms. The molecule has 1 saturated heterocycles. The number of rotatable bonds is 5. The highest BCUT2D eigenvalue weighted by molar-refractivity contribution is 5.41. The van der Waals surface area contributed by atoms with Gasteiger partial charge in [-0.25, -0.2) is 9.97 Å². The summed E-state index contributed by atoms with van der Waals surface area (Å²) >= 11 is 0. The Morgan fingerprint density at radius 1 is 1.14 bits per heavy atom. The molecular weight excluding hydrogens is 284 g/mol. The second kappa shape index (κ2) is 6.87. The maximum atomic E-state index is 10.2. The molecule has 7 heteroatoms. The van der Waals surface area contributed by atoms with E-state index >= 15 is 0 Å². The highest BCUT2D eigenvalue weighted by atomic mass is 16.3. The fourth-order valence-electron chi connectivity index (χ4n) is 2.98. The molecule has 1 aliphatic heterocycles. The molecule has 1 saturated carbocycles. The summed E-state index contributed by atoms with van der Waals surface area (Å²) in [6.07, 6.45) is 3.45. The Kier molecular flexibility index (Phi) is 4.87. The van der Waals surface area contributed by atoms with Gasteiger partial charge in [0.25, 0.3) is 0 Å². The number of nitrogens with zero attached hydrogens (tertiary/aromatic N) is 4. The van der Waals surface area contributed by atoms with E-state index in [0.717, 1.165) is 11.5 Å². The van der Waals surface area contributed by atoms with Gasteiger partial charge in [-0.05, 0) is 12.8 Å². The van der Waals surface area contributed by atoms with Crippen molar-refractivity contribution in [1.82, 2.24) is 14.9 Å². The van der Waals surface area contributed by atoms with Gasteiger partial charge in [-0.15, -0.1) is 0 Å². The largest absolute Gasteiger partial charge is 0.395 e. The van der Waals surface area contributed by atoms with Crippen LogP contribution in [-0.2, 0) is 0 Å². The number of β-amino-alcohol motifs (C(OH)–C–C–N with tert-alkyl or cyclic N) is 1. The molecule has 0 bridgehead atoms. The number of hydrogen-bond acceptors (Lipinski definition) is 7. The van der Waals surface area contributed by atoms with Gasteiger partial charge in [-0.1, -0.05) is 0 Å². The lowest BCUT2D eigenvalue weighted by Gasteiger charge is -2.28. The van der Waals surface area contributed by atoms with Gasteiger partial charge in [0.15, 0.2) is 0 Å². The van der Waals surface area contributed by atoms with Crippen molar-refractivity contribution >= 4 is 5.82 Å². The summed E-state index contributed by atoms with van der Waals surface area (Å²) in [6.45, 7) is 2.11. The molecule has 0 unspecified atom stereocenters. The lowest BCUT2D eigenvalue weighted by Crippen LogP contribution is -2.44. The SMILES string of the molecule is OCC(CO)N1CCN(c2cc(C3CC3)ncn2)C[C@H](O)C1. The van der Waals surface area contributed by atoms with Crippen molar-refractivity contribution in [2.45, 2.75) is 30.9 Å². The second-order valence-electron chi connectivity index (χ2n) is 6.19. The van der Waals surface area contributed by atoms with E-state index in [9.17, 15) is 15.3 Å². The van der Waals surface area contributed by atoms with Gasteiger partial charge in [0.05, 0.1) is 25.4 Å². The van der Waals surface area contributed by atoms with Crippen LogP contribution in [0.1, 0.15) is 24.5 Å². The molecule has 3 N–H and O–H groups in total. The van der Waals surface area contributed by atoms with Crippen molar-refractivity contribution in [3.63, 3.8) is 0 Å². The van der Waals surface area contributed by atoms with E-state index in [-0.39, 0.29) is 19.3 Å². The fourth-order valence-corrected chi connectivity index (χ4v) is 2.98. The van der Waals surface area contributed by atoms with Gasteiger partial charge < -0.3 is 20.2 Å². The highest BCUT2D eigenvalue weighted by Gasteiger charge is 2.28. The van der Waals surface area contributed by atoms with Gasteiger partial charge in [-0.2, -0.15) is 0 Å². The van der Waals surface area contributed by atoms with Crippen LogP contribution in [0.3, 0.4) is 0 Å². The van der Waals surface area contributed by atoms with Gasteiger partial charge in [0, 0.05) is 43.9 Å². The standard InChI is InChI=1S/C15H24N4O3/c20-8-12(9-21)18-3-4-19(7-13(22)6-18)15-5-14(11-1-2-11)16-10-17-15/h5,10-13,20-22H,1-4,6-9H2/t13-/m1/s1. The number of hydrogen-bond donors (Lipinski definition) is 3. The Morgan fingerprint density at radius 2 is 1.91 bits per heavy atom. The third-order valence-electron chi connectivity index (χ3n) is 4.46. The summed E-state index contributed by atoms with van der Waals surface area (Å²) in [5.74, 6) is 1.42. The predicted molar refractivity (Wildman–Crippen MR) is 81.8 cm³/mol. The first-order valence-electron chi connectivity index (χ1n) is 7.92. The first-order chi connectivity index (χ1) is 10.7. The monoisotopic (exact) mass is 308 g/mol. The molecule has 1 aliphatic carbocycles. The van der Waals surface area contributed by atoms with E-state index in [1.165, 1.54) is 12.8 Å². The maximum absolute atomic E-state index is 10.2. The minimum atomic E-state index is -0.539. The summed E-state index contributed by atoms with van der Waals surface area (Å²) in [5.41, 5.74) is 1.09. The molecule has 1 atom stereocenters. The Bertz CT molecular complexity index is 493. The molecule has 7 nitrogen and oxygen atoms in total. The highest BCUT2D eigenvalue weighted by Crippen LogP contribution is 2.39. The molecule has 2 heterocycles. The average molecular weight is 308 g/mol. The van der Waals surface area contributed by atoms with Crippen LogP contribution in [0.5, 0.6) is 0 Å². The van der Waals surface area contributed by atoms with Crippen LogP contribution in [0.4, 0.5) is 5.82 Å². The van der Waals surface area contributed by atoms with E-state index in [2.05, 4.69) is 14.9 Å². The van der Waals surface area contributed by atoms with Crippen molar-refractivity contribution in [2.75, 3.05) is 44.3 Å².